The molecule has 0 aromatic carbocycles. The Morgan fingerprint density at radius 2 is 1.13 bits per heavy atom. The Morgan fingerprint density at radius 1 is 0.636 bits per heavy atom. The van der Waals surface area contributed by atoms with Gasteiger partial charge in [-0.25, -0.2) is 24.6 Å². The summed E-state index contributed by atoms with van der Waals surface area (Å²) >= 11 is 0. The first-order chi connectivity index (χ1) is 25.9. The molecule has 0 aliphatic carbocycles. The van der Waals surface area contributed by atoms with Crippen molar-refractivity contribution in [3.63, 3.8) is 0 Å². The van der Waals surface area contributed by atoms with E-state index in [1.54, 1.807) is 59.1 Å². The predicted molar refractivity (Wildman–Crippen MR) is 206 cm³/mol. The van der Waals surface area contributed by atoms with Crippen LogP contribution >= 0.6 is 0 Å². The Hall–Kier alpha value is -5.47. The standard InChI is InChI=1S/C10H17BN2O2.C9H7F2N3.C9H10FN5.C8H11N.H4N2/c1-9(2)10(3,4)15-11(14-9)8-6-12-13(5)7-8;1-14-5-7(4-13-14)6-2-8(10)9(11)12-3-6;1-15-5-7(4-13-15)6-2-8(10)9(14-11)12-3-6;1-6-4-7(2)8(3)9-5-6;1-2/h6-7H,1-5H3;2-5H,1H3;2-5H,11H2,1H3,(H,12,14);4-5H,1-3H3;1-2H2. The highest BCUT2D eigenvalue weighted by Gasteiger charge is 2.52. The van der Waals surface area contributed by atoms with Gasteiger partial charge >= 0.3 is 7.12 Å². The number of rotatable bonds is 4. The lowest BCUT2D eigenvalue weighted by atomic mass is 9.82. The molecule has 294 valence electrons. The molecule has 7 heterocycles. The van der Waals surface area contributed by atoms with Gasteiger partial charge in [-0.05, 0) is 71.7 Å². The van der Waals surface area contributed by atoms with Crippen LogP contribution in [0.15, 0.2) is 74.0 Å². The number of nitrogens with two attached hydrogens (primary N) is 3. The van der Waals surface area contributed by atoms with E-state index in [1.165, 1.54) is 29.6 Å². The molecule has 0 radical (unpaired) electrons. The molecule has 6 aromatic heterocycles. The number of hydrogen-bond acceptors (Lipinski definition) is 12. The number of pyridine rings is 3. The molecule has 0 bridgehead atoms. The van der Waals surface area contributed by atoms with Gasteiger partial charge in [0.1, 0.15) is 0 Å². The van der Waals surface area contributed by atoms with Crippen LogP contribution in [0.2, 0.25) is 0 Å². The average Bonchev–Trinajstić information content (AvgIpc) is 3.93. The Kier molecular flexibility index (Phi) is 15.4. The largest absolute Gasteiger partial charge is 0.498 e. The van der Waals surface area contributed by atoms with Crippen LogP contribution in [0.4, 0.5) is 19.0 Å². The van der Waals surface area contributed by atoms with E-state index in [9.17, 15) is 13.2 Å². The van der Waals surface area contributed by atoms with E-state index in [0.717, 1.165) is 22.8 Å². The average molecular weight is 764 g/mol. The topological polar surface area (TPSA) is 201 Å². The van der Waals surface area contributed by atoms with Crippen molar-refractivity contribution in [2.45, 2.75) is 59.7 Å². The van der Waals surface area contributed by atoms with Crippen molar-refractivity contribution in [3.05, 3.63) is 108 Å². The molecular formula is C36H49BF3N13O2. The molecule has 1 aliphatic rings. The molecule has 0 unspecified atom stereocenters. The van der Waals surface area contributed by atoms with Gasteiger partial charge in [0, 0.05) is 97.9 Å². The molecule has 1 fully saturated rings. The summed E-state index contributed by atoms with van der Waals surface area (Å²) in [7, 11) is 5.12. The summed E-state index contributed by atoms with van der Waals surface area (Å²) in [5.41, 5.74) is 8.90. The summed E-state index contributed by atoms with van der Waals surface area (Å²) in [6, 6.07) is 4.60. The van der Waals surface area contributed by atoms with Crippen molar-refractivity contribution in [2.24, 2.45) is 38.7 Å². The maximum atomic E-state index is 13.3. The fourth-order valence-electron chi connectivity index (χ4n) is 4.75. The Morgan fingerprint density at radius 3 is 1.53 bits per heavy atom. The van der Waals surface area contributed by atoms with Crippen molar-refractivity contribution < 1.29 is 22.5 Å². The van der Waals surface area contributed by atoms with Gasteiger partial charge in [0.15, 0.2) is 17.5 Å². The molecule has 7 rings (SSSR count). The minimum absolute atomic E-state index is 0.0302. The SMILES string of the molecule is Cc1cnc(C)c(C)c1.Cn1cc(-c2cnc(F)c(F)c2)cn1.Cn1cc(-c2cnc(NN)c(F)c2)cn1.Cn1cc(B2OC(C)(C)C(C)(C)O2)cn1.NN. The molecule has 15 nitrogen and oxygen atoms in total. The molecule has 0 atom stereocenters. The van der Waals surface area contributed by atoms with Crippen LogP contribution in [-0.2, 0) is 30.5 Å². The summed E-state index contributed by atoms with van der Waals surface area (Å²) in [5.74, 6) is 10.6. The van der Waals surface area contributed by atoms with Gasteiger partial charge in [-0.15, -0.1) is 0 Å². The summed E-state index contributed by atoms with van der Waals surface area (Å²) in [6.07, 6.45) is 15.1. The molecule has 55 heavy (non-hydrogen) atoms. The lowest BCUT2D eigenvalue weighted by Crippen LogP contribution is -2.41. The number of aryl methyl sites for hydroxylation is 6. The Labute approximate surface area is 319 Å². The van der Waals surface area contributed by atoms with E-state index in [-0.39, 0.29) is 24.1 Å². The fourth-order valence-corrected chi connectivity index (χ4v) is 4.75. The van der Waals surface area contributed by atoms with Crippen LogP contribution in [0, 0.1) is 38.4 Å². The van der Waals surface area contributed by atoms with Gasteiger partial charge < -0.3 is 14.7 Å². The molecule has 6 aromatic rings. The smallest absolute Gasteiger partial charge is 0.399 e. The van der Waals surface area contributed by atoms with E-state index in [0.29, 0.717) is 16.7 Å². The number of nitrogen functional groups attached to an aromatic ring is 1. The first kappa shape index (κ1) is 43.9. The van der Waals surface area contributed by atoms with Crippen LogP contribution in [0.1, 0.15) is 44.5 Å². The number of hydrazine groups is 2. The van der Waals surface area contributed by atoms with Crippen LogP contribution < -0.4 is 28.4 Å². The lowest BCUT2D eigenvalue weighted by molar-refractivity contribution is 0.00578. The van der Waals surface area contributed by atoms with Gasteiger partial charge in [-0.1, -0.05) is 6.07 Å². The van der Waals surface area contributed by atoms with Gasteiger partial charge in [-0.3, -0.25) is 30.7 Å². The Balaban J connectivity index is 0.000000197. The van der Waals surface area contributed by atoms with Crippen LogP contribution in [-0.4, -0.2) is 62.6 Å². The number of aromatic nitrogens is 9. The predicted octanol–water partition coefficient (Wildman–Crippen LogP) is 4.21. The zero-order valence-corrected chi connectivity index (χ0v) is 32.7. The quantitative estimate of drug-likeness (QED) is 0.0864. The summed E-state index contributed by atoms with van der Waals surface area (Å²) in [6.45, 7) is 14.3. The third kappa shape index (κ3) is 12.0. The number of halogens is 3. The highest BCUT2D eigenvalue weighted by atomic mass is 19.2. The first-order valence-corrected chi connectivity index (χ1v) is 16.9. The minimum atomic E-state index is -1.09. The second kappa shape index (κ2) is 19.2. The Bertz CT molecular complexity index is 2120. The molecular weight excluding hydrogens is 714 g/mol. The zero-order chi connectivity index (χ0) is 41.1. The normalized spacial score (nSPS) is 13.6. The van der Waals surface area contributed by atoms with E-state index in [4.69, 9.17) is 15.2 Å². The van der Waals surface area contributed by atoms with Gasteiger partial charge in [0.25, 0.3) is 0 Å². The van der Waals surface area contributed by atoms with E-state index >= 15 is 0 Å². The third-order valence-corrected chi connectivity index (χ3v) is 8.58. The summed E-state index contributed by atoms with van der Waals surface area (Å²) in [4.78, 5) is 11.3. The maximum Gasteiger partial charge on any atom is 0.498 e. The first-order valence-electron chi connectivity index (χ1n) is 16.9. The minimum Gasteiger partial charge on any atom is -0.399 e. The molecule has 1 saturated heterocycles. The highest BCUT2D eigenvalue weighted by molar-refractivity contribution is 6.62. The number of nitrogens with one attached hydrogen (secondary N) is 1. The number of hydrogen-bond donors (Lipinski definition) is 4. The van der Waals surface area contributed by atoms with E-state index in [2.05, 4.69) is 67.3 Å². The molecule has 0 saturated carbocycles. The van der Waals surface area contributed by atoms with Crippen LogP contribution in [0.5, 0.6) is 0 Å². The number of anilines is 1. The third-order valence-electron chi connectivity index (χ3n) is 8.58. The fraction of sp³-hybridized carbons (Fsp3) is 0.333. The van der Waals surface area contributed by atoms with Gasteiger partial charge in [-0.2, -0.15) is 19.7 Å². The lowest BCUT2D eigenvalue weighted by Gasteiger charge is -2.32. The van der Waals surface area contributed by atoms with Crippen LogP contribution in [0.25, 0.3) is 22.3 Å². The van der Waals surface area contributed by atoms with Crippen molar-refractivity contribution in [1.29, 1.82) is 0 Å². The van der Waals surface area contributed by atoms with Gasteiger partial charge in [0.05, 0.1) is 23.6 Å². The second-order valence-corrected chi connectivity index (χ2v) is 13.5. The van der Waals surface area contributed by atoms with E-state index < -0.39 is 17.6 Å². The highest BCUT2D eigenvalue weighted by Crippen LogP contribution is 2.36. The molecule has 19 heteroatoms. The van der Waals surface area contributed by atoms with E-state index in [1.807, 2.05) is 54.1 Å². The summed E-state index contributed by atoms with van der Waals surface area (Å²) < 4.78 is 55.4. The second-order valence-electron chi connectivity index (χ2n) is 13.5. The summed E-state index contributed by atoms with van der Waals surface area (Å²) in [5, 5.41) is 12.0. The van der Waals surface area contributed by atoms with Crippen LogP contribution in [0.3, 0.4) is 0 Å². The monoisotopic (exact) mass is 763 g/mol. The maximum absolute atomic E-state index is 13.3. The van der Waals surface area contributed by atoms with Crippen molar-refractivity contribution in [3.8, 4) is 22.3 Å². The number of nitrogens with zero attached hydrogens (tertiary/aromatic N) is 9. The van der Waals surface area contributed by atoms with Crippen molar-refractivity contribution in [2.75, 3.05) is 5.43 Å². The molecule has 0 spiro atoms. The zero-order valence-electron chi connectivity index (χ0n) is 32.7. The molecule has 0 amide bonds. The van der Waals surface area contributed by atoms with Crippen molar-refractivity contribution in [1.82, 2.24) is 44.3 Å². The molecule has 7 N–H and O–H groups in total. The van der Waals surface area contributed by atoms with Gasteiger partial charge in [0.2, 0.25) is 5.95 Å². The van der Waals surface area contributed by atoms with Crippen molar-refractivity contribution >= 4 is 18.4 Å². The molecule has 1 aliphatic heterocycles.